The average molecular weight is 327 g/mol. The van der Waals surface area contributed by atoms with Crippen molar-refractivity contribution in [3.8, 4) is 5.75 Å². The number of likely N-dealkylation sites (tertiary alicyclic amines) is 1. The largest absolute Gasteiger partial charge is 0.497 e. The van der Waals surface area contributed by atoms with Crippen molar-refractivity contribution in [1.82, 2.24) is 4.90 Å². The van der Waals surface area contributed by atoms with E-state index in [4.69, 9.17) is 4.74 Å². The Morgan fingerprint density at radius 2 is 1.88 bits per heavy atom. The second-order valence-corrected chi connectivity index (χ2v) is 6.30. The molecule has 0 aliphatic carbocycles. The fourth-order valence-electron chi connectivity index (χ4n) is 3.23. The Bertz CT molecular complexity index is 691. The molecule has 2 aromatic carbocycles. The number of nitrogens with zero attached hydrogens (tertiary/aromatic N) is 1. The fourth-order valence-corrected chi connectivity index (χ4v) is 3.23. The van der Waals surface area contributed by atoms with Crippen LogP contribution >= 0.6 is 0 Å². The zero-order chi connectivity index (χ0) is 16.9. The van der Waals surface area contributed by atoms with Crippen LogP contribution < -0.4 is 4.74 Å². The molecule has 0 radical (unpaired) electrons. The number of hydrogen-bond donors (Lipinski definition) is 0. The molecule has 3 rings (SSSR count). The van der Waals surface area contributed by atoms with Crippen molar-refractivity contribution in [2.45, 2.75) is 19.3 Å². The van der Waals surface area contributed by atoms with Crippen LogP contribution in [0.5, 0.6) is 5.75 Å². The van der Waals surface area contributed by atoms with Crippen molar-refractivity contribution in [1.29, 1.82) is 0 Å². The lowest BCUT2D eigenvalue weighted by Crippen LogP contribution is -2.38. The number of carbonyl (C=O) groups is 1. The van der Waals surface area contributed by atoms with E-state index in [0.29, 0.717) is 17.2 Å². The molecule has 1 aliphatic rings. The molecule has 0 aromatic heterocycles. The molecule has 4 heteroatoms. The molecule has 0 spiro atoms. The van der Waals surface area contributed by atoms with Crippen molar-refractivity contribution in [2.75, 3.05) is 20.2 Å². The Hall–Kier alpha value is -2.36. The van der Waals surface area contributed by atoms with Gasteiger partial charge < -0.3 is 9.64 Å². The first-order valence-electron chi connectivity index (χ1n) is 8.33. The predicted molar refractivity (Wildman–Crippen MR) is 91.7 cm³/mol. The Morgan fingerprint density at radius 1 is 1.17 bits per heavy atom. The van der Waals surface area contributed by atoms with E-state index >= 15 is 0 Å². The van der Waals surface area contributed by atoms with Crippen LogP contribution in [0.2, 0.25) is 0 Å². The van der Waals surface area contributed by atoms with E-state index in [1.54, 1.807) is 13.2 Å². The summed E-state index contributed by atoms with van der Waals surface area (Å²) in [7, 11) is 1.60. The van der Waals surface area contributed by atoms with Crippen LogP contribution in [-0.2, 0) is 6.42 Å². The maximum atomic E-state index is 13.0. The fraction of sp³-hybridized carbons (Fsp3) is 0.350. The summed E-state index contributed by atoms with van der Waals surface area (Å²) in [6.45, 7) is 1.53. The summed E-state index contributed by atoms with van der Waals surface area (Å²) in [4.78, 5) is 14.5. The van der Waals surface area contributed by atoms with Crippen molar-refractivity contribution < 1.29 is 13.9 Å². The van der Waals surface area contributed by atoms with Crippen LogP contribution in [0.15, 0.2) is 48.5 Å². The maximum absolute atomic E-state index is 13.0. The topological polar surface area (TPSA) is 29.5 Å². The highest BCUT2D eigenvalue weighted by Crippen LogP contribution is 2.24. The third-order valence-electron chi connectivity index (χ3n) is 4.66. The first kappa shape index (κ1) is 16.5. The van der Waals surface area contributed by atoms with Crippen LogP contribution in [0.1, 0.15) is 28.8 Å². The van der Waals surface area contributed by atoms with Gasteiger partial charge in [-0.2, -0.15) is 0 Å². The van der Waals surface area contributed by atoms with Gasteiger partial charge in [0, 0.05) is 18.7 Å². The molecule has 126 valence electrons. The van der Waals surface area contributed by atoms with Crippen LogP contribution in [0, 0.1) is 11.7 Å². The Balaban J connectivity index is 1.56. The summed E-state index contributed by atoms with van der Waals surface area (Å²) in [6, 6.07) is 14.0. The number of carbonyl (C=O) groups excluding carboxylic acids is 1. The minimum absolute atomic E-state index is 0.0640. The molecule has 1 amide bonds. The van der Waals surface area contributed by atoms with Gasteiger partial charge in [-0.25, -0.2) is 4.39 Å². The van der Waals surface area contributed by atoms with Gasteiger partial charge >= 0.3 is 0 Å². The number of amides is 1. The molecular formula is C20H22FNO2. The van der Waals surface area contributed by atoms with Gasteiger partial charge in [-0.05, 0) is 61.1 Å². The van der Waals surface area contributed by atoms with Gasteiger partial charge in [-0.15, -0.1) is 0 Å². The smallest absolute Gasteiger partial charge is 0.253 e. The first-order chi connectivity index (χ1) is 11.7. The highest BCUT2D eigenvalue weighted by molar-refractivity contribution is 5.94. The predicted octanol–water partition coefficient (Wildman–Crippen LogP) is 3.93. The molecular weight excluding hydrogens is 305 g/mol. The molecule has 24 heavy (non-hydrogen) atoms. The van der Waals surface area contributed by atoms with Crippen LogP contribution in [-0.4, -0.2) is 31.0 Å². The molecule has 0 saturated carbocycles. The summed E-state index contributed by atoms with van der Waals surface area (Å²) in [6.07, 6.45) is 2.90. The summed E-state index contributed by atoms with van der Waals surface area (Å²) < 4.78 is 18.2. The highest BCUT2D eigenvalue weighted by Gasteiger charge is 2.24. The summed E-state index contributed by atoms with van der Waals surface area (Å²) >= 11 is 0. The second kappa shape index (κ2) is 7.47. The van der Waals surface area contributed by atoms with E-state index in [0.717, 1.165) is 37.9 Å². The monoisotopic (exact) mass is 327 g/mol. The maximum Gasteiger partial charge on any atom is 0.253 e. The molecule has 2 aromatic rings. The standard InChI is InChI=1S/C20H22FNO2/c1-24-19-4-2-3-17(14-19)20(23)22-11-9-16(10-12-22)13-15-5-7-18(21)8-6-15/h2-8,14,16H,9-13H2,1H3. The van der Waals surface area contributed by atoms with Gasteiger partial charge in [-0.1, -0.05) is 18.2 Å². The summed E-state index contributed by atoms with van der Waals surface area (Å²) in [5, 5.41) is 0. The number of ether oxygens (including phenoxy) is 1. The Kier molecular flexibility index (Phi) is 5.14. The van der Waals surface area contributed by atoms with E-state index in [9.17, 15) is 9.18 Å². The molecule has 0 unspecified atom stereocenters. The number of piperidine rings is 1. The van der Waals surface area contributed by atoms with Gasteiger partial charge in [0.05, 0.1) is 7.11 Å². The number of rotatable bonds is 4. The van der Waals surface area contributed by atoms with E-state index in [-0.39, 0.29) is 11.7 Å². The molecule has 1 fully saturated rings. The Morgan fingerprint density at radius 3 is 2.54 bits per heavy atom. The van der Waals surface area contributed by atoms with Crippen molar-refractivity contribution in [3.05, 3.63) is 65.5 Å². The van der Waals surface area contributed by atoms with E-state index in [2.05, 4.69) is 0 Å². The van der Waals surface area contributed by atoms with Crippen LogP contribution in [0.4, 0.5) is 4.39 Å². The molecule has 1 aliphatic heterocycles. The number of halogens is 1. The van der Waals surface area contributed by atoms with E-state index < -0.39 is 0 Å². The second-order valence-electron chi connectivity index (χ2n) is 6.30. The zero-order valence-corrected chi connectivity index (χ0v) is 13.9. The molecule has 3 nitrogen and oxygen atoms in total. The lowest BCUT2D eigenvalue weighted by atomic mass is 9.90. The van der Waals surface area contributed by atoms with Gasteiger partial charge in [-0.3, -0.25) is 4.79 Å². The normalized spacial score (nSPS) is 15.3. The zero-order valence-electron chi connectivity index (χ0n) is 13.9. The highest BCUT2D eigenvalue weighted by atomic mass is 19.1. The van der Waals surface area contributed by atoms with Gasteiger partial charge in [0.2, 0.25) is 0 Å². The van der Waals surface area contributed by atoms with E-state index in [1.165, 1.54) is 12.1 Å². The Labute approximate surface area is 142 Å². The van der Waals surface area contributed by atoms with Crippen molar-refractivity contribution in [2.24, 2.45) is 5.92 Å². The molecule has 1 heterocycles. The van der Waals surface area contributed by atoms with Gasteiger partial charge in [0.1, 0.15) is 11.6 Å². The number of benzene rings is 2. The molecule has 0 bridgehead atoms. The average Bonchev–Trinajstić information content (AvgIpc) is 2.64. The molecule has 0 N–H and O–H groups in total. The van der Waals surface area contributed by atoms with Gasteiger partial charge in [0.25, 0.3) is 5.91 Å². The lowest BCUT2D eigenvalue weighted by molar-refractivity contribution is 0.0690. The number of methoxy groups -OCH3 is 1. The van der Waals surface area contributed by atoms with Crippen LogP contribution in [0.3, 0.4) is 0 Å². The summed E-state index contributed by atoms with van der Waals surface area (Å²) in [5.41, 5.74) is 1.83. The lowest BCUT2D eigenvalue weighted by Gasteiger charge is -2.32. The van der Waals surface area contributed by atoms with Crippen molar-refractivity contribution >= 4 is 5.91 Å². The van der Waals surface area contributed by atoms with E-state index in [1.807, 2.05) is 35.2 Å². The third-order valence-corrected chi connectivity index (χ3v) is 4.66. The molecule has 0 atom stereocenters. The minimum atomic E-state index is -0.197. The minimum Gasteiger partial charge on any atom is -0.497 e. The third kappa shape index (κ3) is 3.94. The molecule has 1 saturated heterocycles. The van der Waals surface area contributed by atoms with Crippen LogP contribution in [0.25, 0.3) is 0 Å². The first-order valence-corrected chi connectivity index (χ1v) is 8.33. The van der Waals surface area contributed by atoms with Crippen molar-refractivity contribution in [3.63, 3.8) is 0 Å². The van der Waals surface area contributed by atoms with Gasteiger partial charge in [0.15, 0.2) is 0 Å². The SMILES string of the molecule is COc1cccc(C(=O)N2CCC(Cc3ccc(F)cc3)CC2)c1. The number of hydrogen-bond acceptors (Lipinski definition) is 2. The summed E-state index contributed by atoms with van der Waals surface area (Å²) in [5.74, 6) is 1.11. The quantitative estimate of drug-likeness (QED) is 0.851.